The van der Waals surface area contributed by atoms with Gasteiger partial charge in [-0.1, -0.05) is 134 Å². The highest BCUT2D eigenvalue weighted by Crippen LogP contribution is 2.41. The number of hydrogen-bond acceptors (Lipinski definition) is 5. The molecule has 2 atom stereocenters. The van der Waals surface area contributed by atoms with Gasteiger partial charge in [-0.2, -0.15) is 0 Å². The molecule has 3 aromatic heterocycles. The molecule has 0 radical (unpaired) electrons. The summed E-state index contributed by atoms with van der Waals surface area (Å²) in [5, 5.41) is 6.58. The second-order valence-corrected chi connectivity index (χ2v) is 14.7. The van der Waals surface area contributed by atoms with E-state index in [1.54, 1.807) is 0 Å². The lowest BCUT2D eigenvalue weighted by Crippen LogP contribution is -2.13. The minimum Gasteiger partial charge on any atom is -0.456 e. The molecule has 2 unspecified atom stereocenters. The van der Waals surface area contributed by atoms with Gasteiger partial charge in [-0.05, 0) is 75.5 Å². The molecule has 0 aliphatic heterocycles. The monoisotopic (exact) mass is 717 g/mol. The Bertz CT molecular complexity index is 3340. The van der Waals surface area contributed by atoms with Gasteiger partial charge in [-0.15, -0.1) is 0 Å². The Labute approximate surface area is 321 Å². The van der Waals surface area contributed by atoms with Gasteiger partial charge in [0.05, 0.1) is 5.56 Å². The summed E-state index contributed by atoms with van der Waals surface area (Å²) in [6.45, 7) is 0. The zero-order valence-corrected chi connectivity index (χ0v) is 30.1. The van der Waals surface area contributed by atoms with Crippen LogP contribution in [0, 0.1) is 5.92 Å². The zero-order chi connectivity index (χ0) is 36.7. The van der Waals surface area contributed by atoms with Crippen LogP contribution in [0.3, 0.4) is 0 Å². The normalized spacial score (nSPS) is 16.0. The van der Waals surface area contributed by atoms with Gasteiger partial charge in [-0.3, -0.25) is 0 Å². The maximum Gasteiger partial charge on any atom is 0.167 e. The molecule has 2 aliphatic rings. The lowest BCUT2D eigenvalue weighted by Gasteiger charge is -2.27. The number of allylic oxidation sites excluding steroid dienone is 5. The lowest BCUT2D eigenvalue weighted by atomic mass is 9.77. The third kappa shape index (κ3) is 4.84. The summed E-state index contributed by atoms with van der Waals surface area (Å²) in [6, 6.07) is 48.5. The molecule has 0 N–H and O–H groups in total. The summed E-state index contributed by atoms with van der Waals surface area (Å²) in [6.07, 6.45) is 13.4. The minimum atomic E-state index is 0.328. The molecule has 0 saturated heterocycles. The molecule has 5 nitrogen and oxygen atoms in total. The maximum atomic E-state index is 6.48. The van der Waals surface area contributed by atoms with E-state index in [9.17, 15) is 0 Å². The molecule has 56 heavy (non-hydrogen) atoms. The van der Waals surface area contributed by atoms with Crippen molar-refractivity contribution >= 4 is 60.7 Å². The Morgan fingerprint density at radius 2 is 1.09 bits per heavy atom. The first-order valence-electron chi connectivity index (χ1n) is 19.0. The van der Waals surface area contributed by atoms with Gasteiger partial charge in [-0.25, -0.2) is 15.0 Å². The molecule has 2 aliphatic carbocycles. The molecule has 5 heteroatoms. The molecule has 0 saturated carbocycles. The number of hydrogen-bond donors (Lipinski definition) is 0. The highest BCUT2D eigenvalue weighted by atomic mass is 16.3. The third-order valence-electron chi connectivity index (χ3n) is 11.5. The van der Waals surface area contributed by atoms with Crippen LogP contribution < -0.4 is 0 Å². The van der Waals surface area contributed by atoms with Crippen LogP contribution in [0.2, 0.25) is 0 Å². The summed E-state index contributed by atoms with van der Waals surface area (Å²) in [5.74, 6) is 2.49. The van der Waals surface area contributed by atoms with Crippen LogP contribution in [-0.4, -0.2) is 15.0 Å². The van der Waals surface area contributed by atoms with Gasteiger partial charge in [0.1, 0.15) is 22.3 Å². The second-order valence-electron chi connectivity index (χ2n) is 14.7. The maximum absolute atomic E-state index is 6.48. The predicted octanol–water partition coefficient (Wildman–Crippen LogP) is 13.3. The van der Waals surface area contributed by atoms with E-state index in [1.807, 2.05) is 42.5 Å². The summed E-state index contributed by atoms with van der Waals surface area (Å²) in [4.78, 5) is 15.5. The SMILES string of the molecule is C1=CC2C=Cc3cc(-c4nc(-c5ccc6cc(-c7cccc8oc9ccccc9c78)ccc6c5)nc(-c5cccc6c5oc5ccccc56)n4)ccc3C2C=C1. The smallest absolute Gasteiger partial charge is 0.167 e. The van der Waals surface area contributed by atoms with Gasteiger partial charge in [0, 0.05) is 44.5 Å². The molecule has 0 amide bonds. The fourth-order valence-electron chi connectivity index (χ4n) is 8.74. The van der Waals surface area contributed by atoms with Crippen molar-refractivity contribution in [2.24, 2.45) is 5.92 Å². The molecule has 10 aromatic rings. The van der Waals surface area contributed by atoms with Gasteiger partial charge in [0.15, 0.2) is 17.5 Å². The summed E-state index contributed by atoms with van der Waals surface area (Å²) < 4.78 is 12.7. The molecule has 12 rings (SSSR count). The van der Waals surface area contributed by atoms with Crippen molar-refractivity contribution < 1.29 is 8.83 Å². The van der Waals surface area contributed by atoms with Gasteiger partial charge in [0.2, 0.25) is 0 Å². The Morgan fingerprint density at radius 1 is 0.446 bits per heavy atom. The Kier molecular flexibility index (Phi) is 6.69. The molecular weight excluding hydrogens is 687 g/mol. The molecule has 262 valence electrons. The van der Waals surface area contributed by atoms with Crippen molar-refractivity contribution in [2.75, 3.05) is 0 Å². The van der Waals surface area contributed by atoms with Crippen LogP contribution in [0.4, 0.5) is 0 Å². The van der Waals surface area contributed by atoms with E-state index >= 15 is 0 Å². The van der Waals surface area contributed by atoms with Crippen LogP contribution in [0.1, 0.15) is 17.0 Å². The minimum absolute atomic E-state index is 0.328. The molecule has 0 spiro atoms. The first kappa shape index (κ1) is 31.0. The van der Waals surface area contributed by atoms with Crippen LogP contribution in [0.5, 0.6) is 0 Å². The van der Waals surface area contributed by atoms with Crippen molar-refractivity contribution in [3.05, 3.63) is 181 Å². The Hall–Kier alpha value is -7.37. The predicted molar refractivity (Wildman–Crippen MR) is 227 cm³/mol. The quantitative estimate of drug-likeness (QED) is 0.181. The van der Waals surface area contributed by atoms with E-state index in [0.29, 0.717) is 29.3 Å². The Morgan fingerprint density at radius 3 is 1.96 bits per heavy atom. The number of nitrogens with zero attached hydrogens (tertiary/aromatic N) is 3. The van der Waals surface area contributed by atoms with Crippen LogP contribution in [0.25, 0.3) is 106 Å². The summed E-state index contributed by atoms with van der Waals surface area (Å²) in [5.41, 5.74) is 10.9. The van der Waals surface area contributed by atoms with Gasteiger partial charge in [0.25, 0.3) is 0 Å². The van der Waals surface area contributed by atoms with Crippen molar-refractivity contribution in [1.29, 1.82) is 0 Å². The summed E-state index contributed by atoms with van der Waals surface area (Å²) in [7, 11) is 0. The standard InChI is InChI=1S/C51H31N3O2/c1-2-10-37-30(9-1)19-22-33-29-36(25-26-38(33)37)50-52-49(53-51(54-50)43-15-7-14-41-40-11-3-5-16-44(40)56-48(41)43)35-24-21-31-27-34(23-20-32(31)28-35)39-13-8-18-46-47(39)42-12-4-6-17-45(42)55-46/h1-30,37H. The number of benzene rings is 7. The van der Waals surface area contributed by atoms with Crippen molar-refractivity contribution in [2.45, 2.75) is 5.92 Å². The van der Waals surface area contributed by atoms with Crippen molar-refractivity contribution in [3.63, 3.8) is 0 Å². The number of aromatic nitrogens is 3. The van der Waals surface area contributed by atoms with Crippen molar-refractivity contribution in [1.82, 2.24) is 15.0 Å². The second kappa shape index (κ2) is 12.1. The zero-order valence-electron chi connectivity index (χ0n) is 30.1. The topological polar surface area (TPSA) is 65.0 Å². The van der Waals surface area contributed by atoms with Crippen LogP contribution in [0.15, 0.2) is 179 Å². The number of furan rings is 2. The average molecular weight is 718 g/mol. The van der Waals surface area contributed by atoms with Gasteiger partial charge < -0.3 is 8.83 Å². The van der Waals surface area contributed by atoms with E-state index in [1.165, 1.54) is 11.1 Å². The number of rotatable bonds is 4. The highest BCUT2D eigenvalue weighted by molar-refractivity contribution is 6.13. The van der Waals surface area contributed by atoms with E-state index in [4.69, 9.17) is 23.8 Å². The fourth-order valence-corrected chi connectivity index (χ4v) is 8.74. The van der Waals surface area contributed by atoms with E-state index in [2.05, 4.69) is 134 Å². The van der Waals surface area contributed by atoms with Crippen molar-refractivity contribution in [3.8, 4) is 45.3 Å². The largest absolute Gasteiger partial charge is 0.456 e. The molecular formula is C51H31N3O2. The molecule has 0 fully saturated rings. The fraction of sp³-hybridized carbons (Fsp3) is 0.0392. The lowest BCUT2D eigenvalue weighted by molar-refractivity contribution is 0.669. The third-order valence-corrected chi connectivity index (χ3v) is 11.5. The van der Waals surface area contributed by atoms with Crippen LogP contribution in [-0.2, 0) is 0 Å². The van der Waals surface area contributed by atoms with E-state index in [-0.39, 0.29) is 0 Å². The average Bonchev–Trinajstić information content (AvgIpc) is 3.84. The van der Waals surface area contributed by atoms with E-state index < -0.39 is 0 Å². The Balaban J connectivity index is 1.01. The molecule has 3 heterocycles. The van der Waals surface area contributed by atoms with Gasteiger partial charge >= 0.3 is 0 Å². The van der Waals surface area contributed by atoms with Crippen LogP contribution >= 0.6 is 0 Å². The molecule has 0 bridgehead atoms. The first-order chi connectivity index (χ1) is 27.7. The van der Waals surface area contributed by atoms with E-state index in [0.717, 1.165) is 82.5 Å². The molecule has 7 aromatic carbocycles. The highest BCUT2D eigenvalue weighted by Gasteiger charge is 2.25. The number of para-hydroxylation sites is 3. The first-order valence-corrected chi connectivity index (χ1v) is 19.0. The summed E-state index contributed by atoms with van der Waals surface area (Å²) >= 11 is 0. The number of fused-ring (bicyclic) bond motifs is 10.